The molecule has 23 heavy (non-hydrogen) atoms. The maximum atomic E-state index is 11.9. The lowest BCUT2D eigenvalue weighted by Gasteiger charge is -2.13. The van der Waals surface area contributed by atoms with Gasteiger partial charge in [-0.3, -0.25) is 4.79 Å². The van der Waals surface area contributed by atoms with Gasteiger partial charge in [-0.15, -0.1) is 0 Å². The van der Waals surface area contributed by atoms with E-state index in [2.05, 4.69) is 5.10 Å². The molecular formula is C16H23N5O2. The lowest BCUT2D eigenvalue weighted by Crippen LogP contribution is -2.19. The molecule has 1 heterocycles. The quantitative estimate of drug-likeness (QED) is 0.745. The van der Waals surface area contributed by atoms with Crippen LogP contribution < -0.4 is 21.9 Å². The van der Waals surface area contributed by atoms with Crippen molar-refractivity contribution in [3.63, 3.8) is 0 Å². The molecule has 0 saturated carbocycles. The van der Waals surface area contributed by atoms with E-state index < -0.39 is 5.91 Å². The third-order valence-electron chi connectivity index (χ3n) is 3.52. The lowest BCUT2D eigenvalue weighted by molar-refractivity contribution is 0.0993. The Kier molecular flexibility index (Phi) is 4.90. The highest BCUT2D eigenvalue weighted by Gasteiger charge is 2.24. The number of benzene rings is 1. The number of aromatic nitrogens is 2. The van der Waals surface area contributed by atoms with Crippen molar-refractivity contribution in [2.75, 3.05) is 12.3 Å². The molecule has 0 fully saturated rings. The number of ether oxygens (including phenoxy) is 1. The van der Waals surface area contributed by atoms with Gasteiger partial charge in [0.2, 0.25) is 0 Å². The number of hydrogen-bond acceptors (Lipinski definition) is 5. The van der Waals surface area contributed by atoms with Crippen molar-refractivity contribution in [3.8, 4) is 11.4 Å². The molecule has 2 rings (SSSR count). The van der Waals surface area contributed by atoms with Crippen LogP contribution in [0.2, 0.25) is 0 Å². The third-order valence-corrected chi connectivity index (χ3v) is 3.52. The number of nitrogens with zero attached hydrogens (tertiary/aromatic N) is 2. The second-order valence-corrected chi connectivity index (χ2v) is 5.52. The predicted octanol–water partition coefficient (Wildman–Crippen LogP) is 1.53. The summed E-state index contributed by atoms with van der Waals surface area (Å²) in [6, 6.07) is 5.49. The number of nitrogen functional groups attached to an aromatic ring is 1. The summed E-state index contributed by atoms with van der Waals surface area (Å²) in [6.07, 6.45) is 0. The van der Waals surface area contributed by atoms with E-state index in [0.717, 1.165) is 5.56 Å². The number of nitrogens with two attached hydrogens (primary N) is 3. The van der Waals surface area contributed by atoms with E-state index in [-0.39, 0.29) is 11.6 Å². The van der Waals surface area contributed by atoms with E-state index >= 15 is 0 Å². The summed E-state index contributed by atoms with van der Waals surface area (Å²) in [6.45, 7) is 6.65. The Morgan fingerprint density at radius 3 is 2.61 bits per heavy atom. The van der Waals surface area contributed by atoms with E-state index in [1.165, 1.54) is 4.68 Å². The van der Waals surface area contributed by atoms with Crippen LogP contribution in [0.1, 0.15) is 48.4 Å². The highest BCUT2D eigenvalue weighted by Crippen LogP contribution is 2.31. The van der Waals surface area contributed by atoms with Gasteiger partial charge in [0.05, 0.1) is 18.0 Å². The predicted molar refractivity (Wildman–Crippen MR) is 89.6 cm³/mol. The molecule has 0 spiro atoms. The zero-order chi connectivity index (χ0) is 17.1. The number of amides is 1. The Balaban J connectivity index is 2.70. The van der Waals surface area contributed by atoms with Crippen LogP contribution in [0.15, 0.2) is 18.2 Å². The highest BCUT2D eigenvalue weighted by atomic mass is 16.5. The van der Waals surface area contributed by atoms with E-state index in [4.69, 9.17) is 21.9 Å². The Labute approximate surface area is 135 Å². The van der Waals surface area contributed by atoms with Gasteiger partial charge in [-0.25, -0.2) is 4.68 Å². The molecule has 7 nitrogen and oxygen atoms in total. The third kappa shape index (κ3) is 3.14. The maximum absolute atomic E-state index is 11.9. The topological polar surface area (TPSA) is 122 Å². The van der Waals surface area contributed by atoms with Crippen LogP contribution in [0, 0.1) is 0 Å². The van der Waals surface area contributed by atoms with Crippen LogP contribution in [0.5, 0.6) is 5.75 Å². The summed E-state index contributed by atoms with van der Waals surface area (Å²) in [7, 11) is 0. The fourth-order valence-electron chi connectivity index (χ4n) is 2.42. The second kappa shape index (κ2) is 6.70. The van der Waals surface area contributed by atoms with Crippen molar-refractivity contribution < 1.29 is 9.53 Å². The molecule has 0 radical (unpaired) electrons. The number of primary amides is 1. The smallest absolute Gasteiger partial charge is 0.269 e. The Hall–Kier alpha value is -2.54. The van der Waals surface area contributed by atoms with Gasteiger partial charge in [0.1, 0.15) is 11.4 Å². The largest absolute Gasteiger partial charge is 0.492 e. The van der Waals surface area contributed by atoms with Gasteiger partial charge in [-0.2, -0.15) is 5.10 Å². The van der Waals surface area contributed by atoms with E-state index in [0.29, 0.717) is 36.0 Å². The van der Waals surface area contributed by atoms with E-state index in [9.17, 15) is 4.79 Å². The zero-order valence-electron chi connectivity index (χ0n) is 13.7. The van der Waals surface area contributed by atoms with Crippen molar-refractivity contribution in [2.24, 2.45) is 11.5 Å². The van der Waals surface area contributed by atoms with Crippen molar-refractivity contribution in [2.45, 2.75) is 33.2 Å². The Bertz CT molecular complexity index is 722. The van der Waals surface area contributed by atoms with Gasteiger partial charge in [0.15, 0.2) is 5.69 Å². The fourth-order valence-corrected chi connectivity index (χ4v) is 2.42. The number of anilines is 1. The zero-order valence-corrected chi connectivity index (χ0v) is 13.7. The standard InChI is InChI=1S/C16H23N5O2/c1-4-23-12-7-10(8-17)5-6-11(12)21-15(16(19)22)13(18)14(20-21)9(2)3/h5-7,9H,4,8,17-18H2,1-3H3,(H2,19,22). The molecule has 0 atom stereocenters. The van der Waals surface area contributed by atoms with Crippen molar-refractivity contribution in [1.82, 2.24) is 9.78 Å². The number of hydrogen-bond donors (Lipinski definition) is 3. The molecule has 0 saturated heterocycles. The number of carbonyl (C=O) groups is 1. The lowest BCUT2D eigenvalue weighted by atomic mass is 10.1. The molecule has 1 aromatic carbocycles. The summed E-state index contributed by atoms with van der Waals surface area (Å²) in [5.41, 5.74) is 19.9. The van der Waals surface area contributed by atoms with Gasteiger partial charge in [0.25, 0.3) is 5.91 Å². The molecule has 2 aromatic rings. The number of carbonyl (C=O) groups excluding carboxylic acids is 1. The Morgan fingerprint density at radius 1 is 1.39 bits per heavy atom. The first-order chi connectivity index (χ1) is 10.9. The van der Waals surface area contributed by atoms with E-state index in [1.807, 2.05) is 32.9 Å². The molecule has 0 aliphatic rings. The molecule has 1 aromatic heterocycles. The van der Waals surface area contributed by atoms with Gasteiger partial charge in [-0.1, -0.05) is 19.9 Å². The van der Waals surface area contributed by atoms with Gasteiger partial charge in [-0.05, 0) is 30.5 Å². The molecule has 1 amide bonds. The monoisotopic (exact) mass is 317 g/mol. The fraction of sp³-hybridized carbons (Fsp3) is 0.375. The van der Waals surface area contributed by atoms with Crippen LogP contribution in [-0.2, 0) is 6.54 Å². The molecular weight excluding hydrogens is 294 g/mol. The van der Waals surface area contributed by atoms with Crippen LogP contribution in [0.25, 0.3) is 5.69 Å². The van der Waals surface area contributed by atoms with Gasteiger partial charge in [0, 0.05) is 6.54 Å². The Morgan fingerprint density at radius 2 is 2.09 bits per heavy atom. The van der Waals surface area contributed by atoms with Crippen LogP contribution in [0.3, 0.4) is 0 Å². The van der Waals surface area contributed by atoms with Crippen molar-refractivity contribution in [1.29, 1.82) is 0 Å². The normalized spacial score (nSPS) is 11.0. The summed E-state index contributed by atoms with van der Waals surface area (Å²) in [4.78, 5) is 11.9. The van der Waals surface area contributed by atoms with Gasteiger partial charge < -0.3 is 21.9 Å². The van der Waals surface area contributed by atoms with Crippen molar-refractivity contribution >= 4 is 11.6 Å². The minimum Gasteiger partial charge on any atom is -0.492 e. The minimum atomic E-state index is -0.632. The van der Waals surface area contributed by atoms with Crippen LogP contribution in [0.4, 0.5) is 5.69 Å². The minimum absolute atomic E-state index is 0.0632. The average Bonchev–Trinajstić information content (AvgIpc) is 2.85. The first kappa shape index (κ1) is 16.8. The summed E-state index contributed by atoms with van der Waals surface area (Å²) >= 11 is 0. The molecule has 124 valence electrons. The maximum Gasteiger partial charge on any atom is 0.269 e. The summed E-state index contributed by atoms with van der Waals surface area (Å²) in [5.74, 6) is 0.0104. The van der Waals surface area contributed by atoms with E-state index in [1.54, 1.807) is 6.07 Å². The van der Waals surface area contributed by atoms with Gasteiger partial charge >= 0.3 is 0 Å². The molecule has 6 N–H and O–H groups in total. The average molecular weight is 317 g/mol. The molecule has 0 bridgehead atoms. The molecule has 0 unspecified atom stereocenters. The van der Waals surface area contributed by atoms with Crippen LogP contribution >= 0.6 is 0 Å². The highest BCUT2D eigenvalue weighted by molar-refractivity contribution is 5.97. The van der Waals surface area contributed by atoms with Crippen LogP contribution in [-0.4, -0.2) is 22.3 Å². The summed E-state index contributed by atoms with van der Waals surface area (Å²) in [5, 5.41) is 4.48. The first-order valence-corrected chi connectivity index (χ1v) is 7.55. The first-order valence-electron chi connectivity index (χ1n) is 7.55. The molecule has 7 heteroatoms. The number of rotatable bonds is 6. The molecule has 0 aliphatic heterocycles. The second-order valence-electron chi connectivity index (χ2n) is 5.52. The van der Waals surface area contributed by atoms with Crippen molar-refractivity contribution in [3.05, 3.63) is 35.2 Å². The summed E-state index contributed by atoms with van der Waals surface area (Å²) < 4.78 is 7.13. The SMILES string of the molecule is CCOc1cc(CN)ccc1-n1nc(C(C)C)c(N)c1C(N)=O. The molecule has 0 aliphatic carbocycles.